The quantitative estimate of drug-likeness (QED) is 0.483. The second kappa shape index (κ2) is 8.84. The lowest BCUT2D eigenvalue weighted by molar-refractivity contribution is 0.480. The Morgan fingerprint density at radius 3 is 2.75 bits per heavy atom. The van der Waals surface area contributed by atoms with E-state index in [-0.39, 0.29) is 0 Å². The molecule has 0 amide bonds. The Morgan fingerprint density at radius 1 is 1.10 bits per heavy atom. The molecule has 1 unspecified atom stereocenters. The van der Waals surface area contributed by atoms with Gasteiger partial charge in [-0.25, -0.2) is 0 Å². The van der Waals surface area contributed by atoms with Gasteiger partial charge in [0, 0.05) is 15.8 Å². The van der Waals surface area contributed by atoms with Gasteiger partial charge in [0.15, 0.2) is 0 Å². The SMILES string of the molecule is CCCCCC(NCCC)c1cc2c(s1)CCCCC2. The van der Waals surface area contributed by atoms with E-state index in [1.165, 1.54) is 64.2 Å². The summed E-state index contributed by atoms with van der Waals surface area (Å²) in [6.45, 7) is 5.71. The molecule has 1 N–H and O–H groups in total. The Kier molecular flexibility index (Phi) is 7.09. The average molecular weight is 294 g/mol. The molecule has 0 spiro atoms. The number of unbranched alkanes of at least 4 members (excludes halogenated alkanes) is 2. The minimum Gasteiger partial charge on any atom is -0.309 e. The minimum absolute atomic E-state index is 0.610. The molecule has 0 radical (unpaired) electrons. The molecule has 1 heterocycles. The normalized spacial score (nSPS) is 16.7. The van der Waals surface area contributed by atoms with Crippen molar-refractivity contribution in [3.8, 4) is 0 Å². The van der Waals surface area contributed by atoms with E-state index < -0.39 is 0 Å². The fourth-order valence-electron chi connectivity index (χ4n) is 3.12. The summed E-state index contributed by atoms with van der Waals surface area (Å²) in [5.74, 6) is 0. The molecule has 0 aromatic carbocycles. The number of thiophene rings is 1. The molecule has 1 aliphatic rings. The van der Waals surface area contributed by atoms with Crippen LogP contribution in [0, 0.1) is 0 Å². The van der Waals surface area contributed by atoms with E-state index in [2.05, 4.69) is 36.6 Å². The van der Waals surface area contributed by atoms with Gasteiger partial charge in [0.25, 0.3) is 0 Å². The highest BCUT2D eigenvalue weighted by molar-refractivity contribution is 7.12. The molecule has 0 fully saturated rings. The topological polar surface area (TPSA) is 12.0 Å². The van der Waals surface area contributed by atoms with Crippen molar-refractivity contribution in [2.45, 2.75) is 84.1 Å². The maximum Gasteiger partial charge on any atom is 0.0414 e. The van der Waals surface area contributed by atoms with Gasteiger partial charge < -0.3 is 5.32 Å². The van der Waals surface area contributed by atoms with Crippen LogP contribution >= 0.6 is 11.3 Å². The first-order valence-corrected chi connectivity index (χ1v) is 9.51. The molecule has 20 heavy (non-hydrogen) atoms. The number of nitrogens with one attached hydrogen (secondary N) is 1. The summed E-state index contributed by atoms with van der Waals surface area (Å²) in [5.41, 5.74) is 1.67. The van der Waals surface area contributed by atoms with Crippen LogP contribution in [0.5, 0.6) is 0 Å². The molecule has 1 aromatic heterocycles. The summed E-state index contributed by atoms with van der Waals surface area (Å²) in [5, 5.41) is 3.78. The van der Waals surface area contributed by atoms with Crippen molar-refractivity contribution in [3.05, 3.63) is 21.4 Å². The van der Waals surface area contributed by atoms with Crippen LogP contribution in [0.2, 0.25) is 0 Å². The molecular weight excluding hydrogens is 262 g/mol. The van der Waals surface area contributed by atoms with Crippen LogP contribution in [0.4, 0.5) is 0 Å². The van der Waals surface area contributed by atoms with Crippen LogP contribution in [-0.2, 0) is 12.8 Å². The highest BCUT2D eigenvalue weighted by Gasteiger charge is 2.17. The van der Waals surface area contributed by atoms with E-state index in [1.807, 2.05) is 0 Å². The van der Waals surface area contributed by atoms with Crippen LogP contribution in [0.25, 0.3) is 0 Å². The molecule has 2 rings (SSSR count). The van der Waals surface area contributed by atoms with Crippen molar-refractivity contribution < 1.29 is 0 Å². The molecular formula is C18H31NS. The molecule has 0 bridgehead atoms. The van der Waals surface area contributed by atoms with Crippen LogP contribution in [0.3, 0.4) is 0 Å². The monoisotopic (exact) mass is 293 g/mol. The highest BCUT2D eigenvalue weighted by Crippen LogP contribution is 2.34. The maximum absolute atomic E-state index is 3.78. The van der Waals surface area contributed by atoms with E-state index >= 15 is 0 Å². The molecule has 0 aliphatic heterocycles. The first-order chi connectivity index (χ1) is 9.85. The molecule has 114 valence electrons. The van der Waals surface area contributed by atoms with Gasteiger partial charge in [0.05, 0.1) is 0 Å². The zero-order chi connectivity index (χ0) is 14.2. The van der Waals surface area contributed by atoms with Crippen molar-refractivity contribution in [1.82, 2.24) is 5.32 Å². The zero-order valence-electron chi connectivity index (χ0n) is 13.3. The summed E-state index contributed by atoms with van der Waals surface area (Å²) in [7, 11) is 0. The van der Waals surface area contributed by atoms with Gasteiger partial charge in [0.1, 0.15) is 0 Å². The van der Waals surface area contributed by atoms with E-state index in [4.69, 9.17) is 0 Å². The molecule has 1 atom stereocenters. The molecule has 1 nitrogen and oxygen atoms in total. The van der Waals surface area contributed by atoms with Gasteiger partial charge in [-0.05, 0) is 56.7 Å². The van der Waals surface area contributed by atoms with E-state index in [9.17, 15) is 0 Å². The van der Waals surface area contributed by atoms with Crippen LogP contribution in [0.1, 0.15) is 86.6 Å². The predicted octanol–water partition coefficient (Wildman–Crippen LogP) is 5.64. The largest absolute Gasteiger partial charge is 0.309 e. The number of rotatable bonds is 8. The number of fused-ring (bicyclic) bond motifs is 1. The summed E-state index contributed by atoms with van der Waals surface area (Å²) < 4.78 is 0. The molecule has 1 aromatic rings. The summed E-state index contributed by atoms with van der Waals surface area (Å²) in [6, 6.07) is 3.14. The van der Waals surface area contributed by atoms with E-state index in [0.717, 1.165) is 6.54 Å². The van der Waals surface area contributed by atoms with Crippen molar-refractivity contribution >= 4 is 11.3 Å². The lowest BCUT2D eigenvalue weighted by Crippen LogP contribution is -2.21. The maximum atomic E-state index is 3.78. The van der Waals surface area contributed by atoms with Gasteiger partial charge >= 0.3 is 0 Å². The first-order valence-electron chi connectivity index (χ1n) is 8.70. The van der Waals surface area contributed by atoms with Gasteiger partial charge in [-0.2, -0.15) is 0 Å². The molecule has 0 saturated heterocycles. The van der Waals surface area contributed by atoms with Crippen LogP contribution in [-0.4, -0.2) is 6.54 Å². The second-order valence-electron chi connectivity index (χ2n) is 6.16. The van der Waals surface area contributed by atoms with E-state index in [0.29, 0.717) is 6.04 Å². The minimum atomic E-state index is 0.610. The Hall–Kier alpha value is -0.340. The van der Waals surface area contributed by atoms with Crippen LogP contribution in [0.15, 0.2) is 6.07 Å². The Morgan fingerprint density at radius 2 is 1.95 bits per heavy atom. The fourth-order valence-corrected chi connectivity index (χ4v) is 4.49. The zero-order valence-corrected chi connectivity index (χ0v) is 14.2. The lowest BCUT2D eigenvalue weighted by Gasteiger charge is -2.17. The van der Waals surface area contributed by atoms with Gasteiger partial charge in [-0.3, -0.25) is 0 Å². The van der Waals surface area contributed by atoms with Crippen molar-refractivity contribution in [1.29, 1.82) is 0 Å². The third kappa shape index (κ3) is 4.60. The van der Waals surface area contributed by atoms with Crippen molar-refractivity contribution in [2.24, 2.45) is 0 Å². The Bertz CT molecular complexity index is 359. The highest BCUT2D eigenvalue weighted by atomic mass is 32.1. The first kappa shape index (κ1) is 16.0. The van der Waals surface area contributed by atoms with Crippen LogP contribution < -0.4 is 5.32 Å². The second-order valence-corrected chi connectivity index (χ2v) is 7.33. The predicted molar refractivity (Wildman–Crippen MR) is 90.8 cm³/mol. The molecule has 1 aliphatic carbocycles. The number of hydrogen-bond donors (Lipinski definition) is 1. The van der Waals surface area contributed by atoms with Gasteiger partial charge in [-0.15, -0.1) is 11.3 Å². The standard InChI is InChI=1S/C18H31NS/c1-3-5-7-11-16(19-13-4-2)18-14-15-10-8-6-9-12-17(15)20-18/h14,16,19H,3-13H2,1-2H3. The third-order valence-corrected chi connectivity index (χ3v) is 5.70. The number of hydrogen-bond acceptors (Lipinski definition) is 2. The van der Waals surface area contributed by atoms with E-state index in [1.54, 1.807) is 15.3 Å². The average Bonchev–Trinajstić information content (AvgIpc) is 2.73. The molecule has 2 heteroatoms. The Balaban J connectivity index is 2.02. The summed E-state index contributed by atoms with van der Waals surface area (Å²) in [4.78, 5) is 3.30. The van der Waals surface area contributed by atoms with Crippen molar-refractivity contribution in [2.75, 3.05) is 6.54 Å². The van der Waals surface area contributed by atoms with Crippen molar-refractivity contribution in [3.63, 3.8) is 0 Å². The smallest absolute Gasteiger partial charge is 0.0414 e. The summed E-state index contributed by atoms with van der Waals surface area (Å²) in [6.07, 6.45) is 13.5. The van der Waals surface area contributed by atoms with Gasteiger partial charge in [0.2, 0.25) is 0 Å². The fraction of sp³-hybridized carbons (Fsp3) is 0.778. The molecule has 0 saturated carbocycles. The van der Waals surface area contributed by atoms with Gasteiger partial charge in [-0.1, -0.05) is 39.5 Å². The summed E-state index contributed by atoms with van der Waals surface area (Å²) >= 11 is 2.10. The lowest BCUT2D eigenvalue weighted by atomic mass is 10.0. The Labute approximate surface area is 129 Å². The number of aryl methyl sites for hydroxylation is 2. The third-order valence-electron chi connectivity index (χ3n) is 4.35.